The molecule has 40 valence electrons. The van der Waals surface area contributed by atoms with Gasteiger partial charge in [0.05, 0.1) is 0 Å². The van der Waals surface area contributed by atoms with E-state index >= 15 is 0 Å². The summed E-state index contributed by atoms with van der Waals surface area (Å²) in [6.45, 7) is 0. The summed E-state index contributed by atoms with van der Waals surface area (Å²) in [6.07, 6.45) is 0. The van der Waals surface area contributed by atoms with Gasteiger partial charge in [-0.3, -0.25) is 4.70 Å². The third-order valence-corrected chi connectivity index (χ3v) is 0. The zero-order valence-electron chi connectivity index (χ0n) is 2.53. The van der Waals surface area contributed by atoms with E-state index in [1.165, 1.54) is 0 Å². The summed E-state index contributed by atoms with van der Waals surface area (Å²) < 4.78 is 31.9. The summed E-state index contributed by atoms with van der Waals surface area (Å²) in [5, 5.41) is 0. The minimum absolute atomic E-state index is 0. The Bertz CT molecular complexity index is 90.7. The molecule has 0 amide bonds. The third-order valence-electron chi connectivity index (χ3n) is 0. The van der Waals surface area contributed by atoms with Crippen molar-refractivity contribution >= 4 is 0 Å². The Balaban J connectivity index is 0. The normalized spacial score (nSPS) is 9.67. The maximum absolute atomic E-state index is 8.82. The third kappa shape index (κ3) is 115000. The second kappa shape index (κ2) is 2.21. The van der Waals surface area contributed by atoms with Crippen LogP contribution in [0.2, 0.25) is 0 Å². The molecule has 0 spiro atoms. The van der Waals surface area contributed by atoms with Crippen LogP contribution in [-0.4, -0.2) is 8.32 Å². The predicted octanol–water partition coefficient (Wildman–Crippen LogP) is -1.20. The van der Waals surface area contributed by atoms with Gasteiger partial charge in [0.15, 0.2) is 0 Å². The molecule has 0 atom stereocenters. The van der Waals surface area contributed by atoms with E-state index in [1.807, 2.05) is 0 Å². The molecule has 0 bridgehead atoms. The van der Waals surface area contributed by atoms with Crippen LogP contribution >= 0.6 is 0 Å². The first-order valence-corrected chi connectivity index (χ1v) is 2.88. The average Bonchev–Trinajstić information content (AvgIpc) is 0.722. The molecule has 4 nitrogen and oxygen atoms in total. The van der Waals surface area contributed by atoms with Crippen molar-refractivity contribution in [3.05, 3.63) is 0 Å². The Kier molecular flexibility index (Phi) is 3.45. The Morgan fingerprint density at radius 3 is 1.17 bits per heavy atom. The first-order valence-electron chi connectivity index (χ1n) is 0.698. The molecule has 0 aromatic rings. The Morgan fingerprint density at radius 1 is 1.17 bits per heavy atom. The van der Waals surface area contributed by atoms with Gasteiger partial charge in [-0.25, -0.2) is 0 Å². The molecule has 0 radical (unpaired) electrons. The van der Waals surface area contributed by atoms with Crippen molar-refractivity contribution in [3.63, 3.8) is 0 Å². The van der Waals surface area contributed by atoms with Crippen LogP contribution in [0, 0.1) is 0 Å². The molecule has 0 aliphatic carbocycles. The molecule has 0 rings (SSSR count). The van der Waals surface area contributed by atoms with Gasteiger partial charge in [-0.2, -0.15) is 0 Å². The van der Waals surface area contributed by atoms with Gasteiger partial charge in [-0.1, -0.05) is 0 Å². The van der Waals surface area contributed by atoms with E-state index in [0.29, 0.717) is 0 Å². The first kappa shape index (κ1) is 9.36. The van der Waals surface area contributed by atoms with Crippen LogP contribution in [0.25, 0.3) is 0 Å². The number of halogens is 1. The van der Waals surface area contributed by atoms with Crippen molar-refractivity contribution in [1.82, 2.24) is 0 Å². The van der Waals surface area contributed by atoms with Crippen LogP contribution in [0.3, 0.4) is 0 Å². The van der Waals surface area contributed by atoms with Gasteiger partial charge < -0.3 is 0 Å². The van der Waals surface area contributed by atoms with Crippen molar-refractivity contribution in [2.24, 2.45) is 0 Å². The molecule has 0 fully saturated rings. The monoisotopic (exact) mass is 138 g/mol. The zero-order valence-corrected chi connectivity index (χ0v) is 3.80. The van der Waals surface area contributed by atoms with Gasteiger partial charge in [-0.15, -0.1) is 0 Å². The van der Waals surface area contributed by atoms with E-state index in [9.17, 15) is 0 Å². The van der Waals surface area contributed by atoms with Gasteiger partial charge in [-0.05, 0) is 0 Å². The number of rotatable bonds is 0. The number of hydrogen-bond donors (Lipinski definition) is 2. The molecule has 0 aromatic carbocycles. The molecule has 0 aliphatic heterocycles. The molecule has 0 unspecified atom stereocenters. The predicted molar refractivity (Wildman–Crippen MR) is 8.31 cm³/mol. The topological polar surface area (TPSA) is 74.6 Å². The van der Waals surface area contributed by atoms with Gasteiger partial charge in [0.1, 0.15) is 0 Å². The molecule has 0 heterocycles. The fraction of sp³-hybridized carbons (Fsp3) is 0. The SMILES string of the molecule is F.[O]=[Cr](=[O])([OH])[OH]. The molecular formula is H3CrFO4. The van der Waals surface area contributed by atoms with Crippen molar-refractivity contribution in [1.29, 1.82) is 0 Å². The second-order valence-corrected chi connectivity index (χ2v) is 1.85. The molecular weight excluding hydrogens is 135 g/mol. The van der Waals surface area contributed by atoms with Crippen LogP contribution in [0.15, 0.2) is 0 Å². The van der Waals surface area contributed by atoms with E-state index in [0.717, 1.165) is 0 Å². The molecule has 0 aromatic heterocycles. The van der Waals surface area contributed by atoms with Gasteiger partial charge >= 0.3 is 29.5 Å². The Labute approximate surface area is 35.2 Å². The minimum atomic E-state index is -5.25. The Morgan fingerprint density at radius 2 is 1.17 bits per heavy atom. The molecule has 6 heavy (non-hydrogen) atoms. The molecule has 0 saturated carbocycles. The van der Waals surface area contributed by atoms with E-state index in [-0.39, 0.29) is 4.70 Å². The summed E-state index contributed by atoms with van der Waals surface area (Å²) in [6, 6.07) is 0. The molecule has 0 saturated heterocycles. The van der Waals surface area contributed by atoms with Crippen molar-refractivity contribution in [3.8, 4) is 0 Å². The standard InChI is InChI=1S/Cr.FH.2H2O.2O/h;1H;2*1H2;;/q+2;;;;;/p-2. The number of hydrogen-bond acceptors (Lipinski definition) is 2. The van der Waals surface area contributed by atoms with Crippen LogP contribution in [0.1, 0.15) is 0 Å². The van der Waals surface area contributed by atoms with E-state index in [1.54, 1.807) is 0 Å². The van der Waals surface area contributed by atoms with Crippen molar-refractivity contribution in [2.75, 3.05) is 0 Å². The van der Waals surface area contributed by atoms with Crippen molar-refractivity contribution < 1.29 is 34.2 Å². The average molecular weight is 138 g/mol. The van der Waals surface area contributed by atoms with Gasteiger partial charge in [0.25, 0.3) is 0 Å². The second-order valence-electron chi connectivity index (χ2n) is 0.448. The first-order chi connectivity index (χ1) is 2.00. The van der Waals surface area contributed by atoms with Gasteiger partial charge in [0.2, 0.25) is 0 Å². The van der Waals surface area contributed by atoms with E-state index in [4.69, 9.17) is 15.9 Å². The summed E-state index contributed by atoms with van der Waals surface area (Å²) >= 11 is -5.25. The molecule has 6 heteroatoms. The van der Waals surface area contributed by atoms with E-state index in [2.05, 4.69) is 0 Å². The van der Waals surface area contributed by atoms with Crippen LogP contribution in [-0.2, 0) is 21.2 Å². The summed E-state index contributed by atoms with van der Waals surface area (Å²) in [7, 11) is 0. The zero-order chi connectivity index (χ0) is 4.50. The van der Waals surface area contributed by atoms with Crippen LogP contribution in [0.4, 0.5) is 4.70 Å². The van der Waals surface area contributed by atoms with Crippen LogP contribution in [0.5, 0.6) is 0 Å². The molecule has 0 aliphatic rings. The summed E-state index contributed by atoms with van der Waals surface area (Å²) in [4.78, 5) is 0. The quantitative estimate of drug-likeness (QED) is 0.440. The van der Waals surface area contributed by atoms with Crippen molar-refractivity contribution in [2.45, 2.75) is 0 Å². The fourth-order valence-corrected chi connectivity index (χ4v) is 0. The maximum atomic E-state index is 8.82. The summed E-state index contributed by atoms with van der Waals surface area (Å²) in [5.74, 6) is 0. The van der Waals surface area contributed by atoms with Gasteiger partial charge in [0, 0.05) is 0 Å². The fourth-order valence-electron chi connectivity index (χ4n) is 0. The Hall–Kier alpha value is -0.0175. The summed E-state index contributed by atoms with van der Waals surface area (Å²) in [5.41, 5.74) is 0. The molecule has 2 N–H and O–H groups in total. The van der Waals surface area contributed by atoms with E-state index < -0.39 is 13.6 Å². The van der Waals surface area contributed by atoms with Crippen LogP contribution < -0.4 is 0 Å².